The molecular formula is C21H22BrN3O3. The van der Waals surface area contributed by atoms with Crippen LogP contribution in [0.2, 0.25) is 0 Å². The maximum absolute atomic E-state index is 12.2. The largest absolute Gasteiger partial charge is 0.497 e. The first-order chi connectivity index (χ1) is 13.6. The van der Waals surface area contributed by atoms with Crippen LogP contribution >= 0.6 is 15.9 Å². The molecule has 0 radical (unpaired) electrons. The van der Waals surface area contributed by atoms with Crippen LogP contribution in [0.25, 0.3) is 10.9 Å². The Bertz CT molecular complexity index is 995. The highest BCUT2D eigenvalue weighted by Crippen LogP contribution is 2.32. The Morgan fingerprint density at radius 1 is 1.18 bits per heavy atom. The SMILES string of the molecule is COc1cccc(N2CCN([C@@H](C(=O)O)c3c[nH]c4ccc(Br)cc34)CC2)c1. The topological polar surface area (TPSA) is 68.8 Å². The van der Waals surface area contributed by atoms with Gasteiger partial charge in [-0.1, -0.05) is 22.0 Å². The van der Waals surface area contributed by atoms with Gasteiger partial charge in [-0.05, 0) is 30.3 Å². The smallest absolute Gasteiger partial charge is 0.325 e. The molecule has 2 N–H and O–H groups in total. The number of benzene rings is 2. The first-order valence-electron chi connectivity index (χ1n) is 9.19. The van der Waals surface area contributed by atoms with E-state index in [1.54, 1.807) is 7.11 Å². The maximum Gasteiger partial charge on any atom is 0.325 e. The van der Waals surface area contributed by atoms with Gasteiger partial charge >= 0.3 is 5.97 Å². The molecule has 0 unspecified atom stereocenters. The van der Waals surface area contributed by atoms with Crippen LogP contribution in [-0.2, 0) is 4.79 Å². The molecule has 2 aromatic carbocycles. The van der Waals surface area contributed by atoms with Crippen molar-refractivity contribution < 1.29 is 14.6 Å². The summed E-state index contributed by atoms with van der Waals surface area (Å²) >= 11 is 3.49. The highest BCUT2D eigenvalue weighted by atomic mass is 79.9. The summed E-state index contributed by atoms with van der Waals surface area (Å²) in [5.41, 5.74) is 2.85. The third-order valence-corrected chi connectivity index (χ3v) is 5.80. The number of H-pyrrole nitrogens is 1. The second kappa shape index (κ2) is 7.85. The van der Waals surface area contributed by atoms with Crippen molar-refractivity contribution in [3.8, 4) is 5.75 Å². The van der Waals surface area contributed by atoms with Crippen LogP contribution in [0.3, 0.4) is 0 Å². The zero-order valence-electron chi connectivity index (χ0n) is 15.6. The summed E-state index contributed by atoms with van der Waals surface area (Å²) in [5, 5.41) is 10.9. The molecule has 2 heterocycles. The van der Waals surface area contributed by atoms with Gasteiger partial charge in [0.05, 0.1) is 7.11 Å². The number of nitrogens with one attached hydrogen (secondary N) is 1. The van der Waals surface area contributed by atoms with Gasteiger partial charge in [0.2, 0.25) is 0 Å². The monoisotopic (exact) mass is 443 g/mol. The Morgan fingerprint density at radius 2 is 1.96 bits per heavy atom. The molecule has 0 aliphatic carbocycles. The molecule has 3 aromatic rings. The van der Waals surface area contributed by atoms with E-state index < -0.39 is 12.0 Å². The van der Waals surface area contributed by atoms with Crippen LogP contribution in [0.5, 0.6) is 5.75 Å². The summed E-state index contributed by atoms with van der Waals surface area (Å²) < 4.78 is 6.25. The molecule has 1 aliphatic rings. The summed E-state index contributed by atoms with van der Waals surface area (Å²) in [7, 11) is 1.66. The van der Waals surface area contributed by atoms with Crippen LogP contribution in [0, 0.1) is 0 Å². The minimum Gasteiger partial charge on any atom is -0.497 e. The number of aromatic nitrogens is 1. The number of aromatic amines is 1. The van der Waals surface area contributed by atoms with E-state index in [0.29, 0.717) is 13.1 Å². The highest BCUT2D eigenvalue weighted by molar-refractivity contribution is 9.10. The van der Waals surface area contributed by atoms with Gasteiger partial charge in [0, 0.05) is 65.1 Å². The predicted molar refractivity (Wildman–Crippen MR) is 113 cm³/mol. The van der Waals surface area contributed by atoms with Gasteiger partial charge in [-0.25, -0.2) is 0 Å². The highest BCUT2D eigenvalue weighted by Gasteiger charge is 2.32. The Balaban J connectivity index is 1.55. The van der Waals surface area contributed by atoms with Gasteiger partial charge in [-0.2, -0.15) is 0 Å². The molecular weight excluding hydrogens is 422 g/mol. The van der Waals surface area contributed by atoms with E-state index in [0.717, 1.165) is 45.5 Å². The van der Waals surface area contributed by atoms with Gasteiger partial charge in [-0.15, -0.1) is 0 Å². The van der Waals surface area contributed by atoms with E-state index >= 15 is 0 Å². The molecule has 6 nitrogen and oxygen atoms in total. The normalized spacial score (nSPS) is 16.3. The molecule has 146 valence electrons. The number of rotatable bonds is 5. The molecule has 1 saturated heterocycles. The first kappa shape index (κ1) is 18.8. The van der Waals surface area contributed by atoms with Crippen LogP contribution in [0.15, 0.2) is 53.1 Å². The van der Waals surface area contributed by atoms with E-state index in [4.69, 9.17) is 4.74 Å². The molecule has 28 heavy (non-hydrogen) atoms. The van der Waals surface area contributed by atoms with Crippen molar-refractivity contribution in [3.05, 3.63) is 58.7 Å². The van der Waals surface area contributed by atoms with Gasteiger partial charge in [0.25, 0.3) is 0 Å². The third-order valence-electron chi connectivity index (χ3n) is 5.30. The van der Waals surface area contributed by atoms with Crippen molar-refractivity contribution in [1.82, 2.24) is 9.88 Å². The number of carbonyl (C=O) groups is 1. The van der Waals surface area contributed by atoms with Gasteiger partial charge in [0.15, 0.2) is 0 Å². The van der Waals surface area contributed by atoms with E-state index in [1.807, 2.05) is 47.5 Å². The predicted octanol–water partition coefficient (Wildman–Crippen LogP) is 3.89. The molecule has 0 saturated carbocycles. The number of piperazine rings is 1. The molecule has 7 heteroatoms. The third kappa shape index (κ3) is 3.59. The molecule has 1 fully saturated rings. The zero-order valence-corrected chi connectivity index (χ0v) is 17.1. The molecule has 0 spiro atoms. The van der Waals surface area contributed by atoms with Crippen molar-refractivity contribution in [1.29, 1.82) is 0 Å². The van der Waals surface area contributed by atoms with Crippen molar-refractivity contribution in [2.24, 2.45) is 0 Å². The summed E-state index contributed by atoms with van der Waals surface area (Å²) in [5.74, 6) is 0.00316. The summed E-state index contributed by atoms with van der Waals surface area (Å²) in [6.45, 7) is 2.88. The Kier molecular flexibility index (Phi) is 5.28. The lowest BCUT2D eigenvalue weighted by Crippen LogP contribution is -2.49. The number of nitrogens with zero attached hydrogens (tertiary/aromatic N) is 2. The number of halogens is 1. The minimum atomic E-state index is -0.823. The average molecular weight is 444 g/mol. The second-order valence-corrected chi connectivity index (χ2v) is 7.81. The fourth-order valence-corrected chi connectivity index (χ4v) is 4.23. The van der Waals surface area contributed by atoms with Crippen LogP contribution in [0.1, 0.15) is 11.6 Å². The lowest BCUT2D eigenvalue weighted by molar-refractivity contribution is -0.143. The molecule has 0 bridgehead atoms. The van der Waals surface area contributed by atoms with Crippen LogP contribution in [0.4, 0.5) is 5.69 Å². The quantitative estimate of drug-likeness (QED) is 0.625. The fraction of sp³-hybridized carbons (Fsp3) is 0.286. The maximum atomic E-state index is 12.2. The van der Waals surface area contributed by atoms with Gasteiger partial charge < -0.3 is 19.7 Å². The van der Waals surface area contributed by atoms with Crippen molar-refractivity contribution >= 4 is 38.5 Å². The van der Waals surface area contributed by atoms with Crippen LogP contribution < -0.4 is 9.64 Å². The van der Waals surface area contributed by atoms with E-state index in [-0.39, 0.29) is 0 Å². The Labute approximate surface area is 171 Å². The average Bonchev–Trinajstić information content (AvgIpc) is 3.11. The van der Waals surface area contributed by atoms with Gasteiger partial charge in [-0.3, -0.25) is 9.69 Å². The Hall–Kier alpha value is -2.51. The van der Waals surface area contributed by atoms with Crippen molar-refractivity contribution in [2.45, 2.75) is 6.04 Å². The molecule has 4 rings (SSSR count). The van der Waals surface area contributed by atoms with Gasteiger partial charge in [0.1, 0.15) is 11.8 Å². The number of ether oxygens (including phenoxy) is 1. The number of carboxylic acid groups (broad SMARTS) is 1. The molecule has 0 amide bonds. The molecule has 1 aromatic heterocycles. The van der Waals surface area contributed by atoms with Crippen LogP contribution in [-0.4, -0.2) is 54.2 Å². The number of aliphatic carboxylic acids is 1. The first-order valence-corrected chi connectivity index (χ1v) is 9.98. The number of fused-ring (bicyclic) bond motifs is 1. The van der Waals surface area contributed by atoms with Crippen molar-refractivity contribution in [3.63, 3.8) is 0 Å². The lowest BCUT2D eigenvalue weighted by Gasteiger charge is -2.38. The number of hydrogen-bond acceptors (Lipinski definition) is 4. The molecule has 1 atom stereocenters. The fourth-order valence-electron chi connectivity index (χ4n) is 3.87. The number of methoxy groups -OCH3 is 1. The summed E-state index contributed by atoms with van der Waals surface area (Å²) in [4.78, 5) is 19.7. The number of carboxylic acids is 1. The second-order valence-electron chi connectivity index (χ2n) is 6.90. The Morgan fingerprint density at radius 3 is 2.68 bits per heavy atom. The minimum absolute atomic E-state index is 0.671. The zero-order chi connectivity index (χ0) is 19.7. The van der Waals surface area contributed by atoms with E-state index in [2.05, 4.69) is 31.9 Å². The number of anilines is 1. The number of hydrogen-bond donors (Lipinski definition) is 2. The summed E-state index contributed by atoms with van der Waals surface area (Å²) in [6, 6.07) is 13.2. The van der Waals surface area contributed by atoms with E-state index in [1.165, 1.54) is 0 Å². The summed E-state index contributed by atoms with van der Waals surface area (Å²) in [6.07, 6.45) is 1.82. The molecule has 1 aliphatic heterocycles. The van der Waals surface area contributed by atoms with Crippen molar-refractivity contribution in [2.75, 3.05) is 38.2 Å². The lowest BCUT2D eigenvalue weighted by atomic mass is 10.0. The van der Waals surface area contributed by atoms with E-state index in [9.17, 15) is 9.90 Å². The standard InChI is InChI=1S/C21H22BrN3O3/c1-28-16-4-2-3-15(12-16)24-7-9-25(10-8-24)20(21(26)27)18-13-23-19-6-5-14(22)11-17(18)19/h2-6,11-13,20,23H,7-10H2,1H3,(H,26,27)/t20-/m1/s1.